The fraction of sp³-hybridized carbons (Fsp3) is 0.211. The molecule has 0 aliphatic heterocycles. The average Bonchev–Trinajstić information content (AvgIpc) is 3.04. The van der Waals surface area contributed by atoms with Crippen LogP contribution >= 0.6 is 0 Å². The molecule has 6 aromatic rings. The van der Waals surface area contributed by atoms with Crippen molar-refractivity contribution in [2.45, 2.75) is 27.7 Å². The van der Waals surface area contributed by atoms with E-state index in [1.54, 1.807) is 28.4 Å². The number of benzene rings is 4. The molecule has 0 aliphatic carbocycles. The Kier molecular flexibility index (Phi) is 7.60. The van der Waals surface area contributed by atoms with Crippen LogP contribution in [0.5, 0.6) is 23.0 Å². The Morgan fingerprint density at radius 3 is 1.11 bits per heavy atom. The Hall–Kier alpha value is -5.10. The number of nitrogens with zero attached hydrogens (tertiary/aromatic N) is 2. The highest BCUT2D eigenvalue weighted by Crippen LogP contribution is 2.35. The topological polar surface area (TPSA) is 44.7 Å². The summed E-state index contributed by atoms with van der Waals surface area (Å²) >= 11 is 0. The van der Waals surface area contributed by atoms with Crippen LogP contribution < -0.4 is 28.1 Å². The summed E-state index contributed by atoms with van der Waals surface area (Å²) in [4.78, 5) is 0. The number of hydrogen-bond donors (Lipinski definition) is 0. The molecule has 0 aliphatic rings. The highest BCUT2D eigenvalue weighted by Gasteiger charge is 2.23. The number of methoxy groups -OCH3 is 4. The third-order valence-electron chi connectivity index (χ3n) is 8.54. The first-order valence-corrected chi connectivity index (χ1v) is 14.6. The van der Waals surface area contributed by atoms with Gasteiger partial charge in [-0.05, 0) is 47.5 Å². The summed E-state index contributed by atoms with van der Waals surface area (Å²) in [6, 6.07) is 29.8. The van der Waals surface area contributed by atoms with Gasteiger partial charge in [0.2, 0.25) is 11.4 Å². The van der Waals surface area contributed by atoms with Gasteiger partial charge in [0.05, 0.1) is 39.2 Å². The van der Waals surface area contributed by atoms with E-state index in [1.165, 1.54) is 0 Å². The highest BCUT2D eigenvalue weighted by atomic mass is 16.5. The number of aryl methyl sites for hydroxylation is 4. The van der Waals surface area contributed by atoms with Crippen molar-refractivity contribution >= 4 is 21.5 Å². The lowest BCUT2D eigenvalue weighted by Gasteiger charge is -2.13. The first-order chi connectivity index (χ1) is 21.3. The lowest BCUT2D eigenvalue weighted by molar-refractivity contribution is -0.608. The largest absolute Gasteiger partial charge is 0.497 e. The second-order valence-corrected chi connectivity index (χ2v) is 11.1. The predicted octanol–water partition coefficient (Wildman–Crippen LogP) is 7.48. The van der Waals surface area contributed by atoms with Crippen molar-refractivity contribution in [1.82, 2.24) is 0 Å². The van der Waals surface area contributed by atoms with Crippen molar-refractivity contribution < 1.29 is 28.1 Å². The van der Waals surface area contributed by atoms with Gasteiger partial charge in [-0.25, -0.2) is 0 Å². The second kappa shape index (κ2) is 11.5. The van der Waals surface area contributed by atoms with E-state index >= 15 is 0 Å². The quantitative estimate of drug-likeness (QED) is 0.182. The fourth-order valence-corrected chi connectivity index (χ4v) is 6.51. The number of rotatable bonds is 7. The standard InChI is InChI=1S/C38H38N2O4/c1-23-17-29-19-33(41-5)21-35(43-7)37(29)25(3)39(23)31-13-9-27(10-14-31)28-11-15-32(16-12-28)40-24(2)18-30-20-34(42-6)22-36(44-8)38(30)26(40)4/h9-22H,1-8H3/q+2. The zero-order valence-corrected chi connectivity index (χ0v) is 26.6. The van der Waals surface area contributed by atoms with Crippen LogP contribution in [0.1, 0.15) is 22.8 Å². The molecule has 44 heavy (non-hydrogen) atoms. The minimum Gasteiger partial charge on any atom is -0.497 e. The molecule has 0 atom stereocenters. The molecule has 0 saturated carbocycles. The van der Waals surface area contributed by atoms with Crippen LogP contribution in [0.2, 0.25) is 0 Å². The summed E-state index contributed by atoms with van der Waals surface area (Å²) in [5, 5.41) is 4.34. The van der Waals surface area contributed by atoms with E-state index in [0.29, 0.717) is 0 Å². The smallest absolute Gasteiger partial charge is 0.211 e. The Morgan fingerprint density at radius 2 is 0.795 bits per heavy atom. The maximum Gasteiger partial charge on any atom is 0.211 e. The summed E-state index contributed by atoms with van der Waals surface area (Å²) in [7, 11) is 6.76. The first-order valence-electron chi connectivity index (χ1n) is 14.6. The van der Waals surface area contributed by atoms with Gasteiger partial charge in [0, 0.05) is 87.0 Å². The Labute approximate surface area is 258 Å². The van der Waals surface area contributed by atoms with Crippen LogP contribution in [-0.4, -0.2) is 28.4 Å². The van der Waals surface area contributed by atoms with Crippen molar-refractivity contribution in [2.75, 3.05) is 28.4 Å². The molecule has 0 N–H and O–H groups in total. The normalized spacial score (nSPS) is 11.2. The molecule has 4 aromatic carbocycles. The third-order valence-corrected chi connectivity index (χ3v) is 8.54. The van der Waals surface area contributed by atoms with E-state index in [1.807, 2.05) is 12.1 Å². The molecule has 222 valence electrons. The molecule has 0 spiro atoms. The number of aromatic nitrogens is 2. The van der Waals surface area contributed by atoms with E-state index in [-0.39, 0.29) is 0 Å². The van der Waals surface area contributed by atoms with E-state index < -0.39 is 0 Å². The maximum atomic E-state index is 5.75. The van der Waals surface area contributed by atoms with Crippen LogP contribution in [0.4, 0.5) is 0 Å². The van der Waals surface area contributed by atoms with Crippen molar-refractivity contribution in [3.8, 4) is 45.5 Å². The minimum absolute atomic E-state index is 0.783. The highest BCUT2D eigenvalue weighted by molar-refractivity contribution is 5.92. The van der Waals surface area contributed by atoms with E-state index in [9.17, 15) is 0 Å². The van der Waals surface area contributed by atoms with Gasteiger partial charge in [-0.2, -0.15) is 9.13 Å². The van der Waals surface area contributed by atoms with Gasteiger partial charge in [-0.3, -0.25) is 0 Å². The van der Waals surface area contributed by atoms with Gasteiger partial charge in [-0.1, -0.05) is 0 Å². The number of hydrogen-bond acceptors (Lipinski definition) is 4. The van der Waals surface area contributed by atoms with Gasteiger partial charge in [0.25, 0.3) is 0 Å². The van der Waals surface area contributed by atoms with Gasteiger partial charge in [-0.15, -0.1) is 0 Å². The molecular formula is C38H38N2O4+2. The molecule has 6 rings (SSSR count). The zero-order valence-electron chi connectivity index (χ0n) is 26.6. The monoisotopic (exact) mass is 586 g/mol. The lowest BCUT2D eigenvalue weighted by atomic mass is 10.0. The molecule has 0 saturated heterocycles. The molecule has 0 amide bonds. The second-order valence-electron chi connectivity index (χ2n) is 11.1. The Bertz CT molecular complexity index is 1880. The van der Waals surface area contributed by atoms with E-state index in [0.717, 1.165) is 89.8 Å². The molecule has 0 radical (unpaired) electrons. The SMILES string of the molecule is COc1cc(OC)c2c(C)[n+](-c3ccc(-c4ccc(-[n+]5c(C)cc6cc(OC)cc(OC)c6c5C)cc4)cc3)c(C)cc2c1. The summed E-state index contributed by atoms with van der Waals surface area (Å²) in [5.41, 5.74) is 9.02. The Morgan fingerprint density at radius 1 is 0.432 bits per heavy atom. The molecule has 0 bridgehead atoms. The summed E-state index contributed by atoms with van der Waals surface area (Å²) in [6.45, 7) is 8.53. The fourth-order valence-electron chi connectivity index (χ4n) is 6.51. The van der Waals surface area contributed by atoms with Crippen molar-refractivity contribution in [3.63, 3.8) is 0 Å². The molecule has 6 nitrogen and oxygen atoms in total. The number of ether oxygens (including phenoxy) is 4. The maximum absolute atomic E-state index is 5.75. The molecule has 2 aromatic heterocycles. The van der Waals surface area contributed by atoms with Gasteiger partial charge >= 0.3 is 0 Å². The van der Waals surface area contributed by atoms with E-state index in [4.69, 9.17) is 18.9 Å². The van der Waals surface area contributed by atoms with Gasteiger partial charge < -0.3 is 18.9 Å². The van der Waals surface area contributed by atoms with Crippen molar-refractivity contribution in [3.05, 3.63) is 108 Å². The molecule has 0 fully saturated rings. The summed E-state index contributed by atoms with van der Waals surface area (Å²) in [5.74, 6) is 3.17. The van der Waals surface area contributed by atoms with E-state index in [2.05, 4.69) is 110 Å². The van der Waals surface area contributed by atoms with Crippen LogP contribution in [0.3, 0.4) is 0 Å². The van der Waals surface area contributed by atoms with Crippen LogP contribution in [0, 0.1) is 27.7 Å². The lowest BCUT2D eigenvalue weighted by Crippen LogP contribution is -2.38. The summed E-state index contributed by atoms with van der Waals surface area (Å²) in [6.07, 6.45) is 0. The minimum atomic E-state index is 0.783. The number of fused-ring (bicyclic) bond motifs is 2. The molecular weight excluding hydrogens is 548 g/mol. The first kappa shape index (κ1) is 29.0. The predicted molar refractivity (Wildman–Crippen MR) is 175 cm³/mol. The van der Waals surface area contributed by atoms with Crippen LogP contribution in [0.15, 0.2) is 84.9 Å². The van der Waals surface area contributed by atoms with Crippen LogP contribution in [0.25, 0.3) is 44.0 Å². The van der Waals surface area contributed by atoms with Crippen LogP contribution in [-0.2, 0) is 0 Å². The molecule has 2 heterocycles. The van der Waals surface area contributed by atoms with Gasteiger partial charge in [0.1, 0.15) is 23.0 Å². The average molecular weight is 587 g/mol. The van der Waals surface area contributed by atoms with Gasteiger partial charge in [0.15, 0.2) is 22.8 Å². The van der Waals surface area contributed by atoms with Crippen molar-refractivity contribution in [1.29, 1.82) is 0 Å². The molecule has 0 unspecified atom stereocenters. The Balaban J connectivity index is 1.35. The van der Waals surface area contributed by atoms with Crippen molar-refractivity contribution in [2.24, 2.45) is 0 Å². The number of pyridine rings is 2. The molecule has 6 heteroatoms. The third kappa shape index (κ3) is 4.86. The zero-order chi connectivity index (χ0) is 31.1. The summed E-state index contributed by atoms with van der Waals surface area (Å²) < 4.78 is 27.0.